The summed E-state index contributed by atoms with van der Waals surface area (Å²) >= 11 is 3.43. The molecule has 3 N–H and O–H groups in total. The summed E-state index contributed by atoms with van der Waals surface area (Å²) in [6.45, 7) is 1.96. The van der Waals surface area contributed by atoms with Crippen LogP contribution in [-0.2, 0) is 0 Å². The van der Waals surface area contributed by atoms with Gasteiger partial charge in [-0.05, 0) is 45.1 Å². The summed E-state index contributed by atoms with van der Waals surface area (Å²) in [5.41, 5.74) is 7.60. The second-order valence-electron chi connectivity index (χ2n) is 5.35. The maximum Gasteiger partial charge on any atom is 0.172 e. The Morgan fingerprint density at radius 3 is 2.90 bits per heavy atom. The summed E-state index contributed by atoms with van der Waals surface area (Å²) in [6, 6.07) is 6.44. The van der Waals surface area contributed by atoms with Crippen molar-refractivity contribution in [2.45, 2.75) is 18.9 Å². The number of anilines is 1. The second-order valence-corrected chi connectivity index (χ2v) is 6.27. The van der Waals surface area contributed by atoms with Gasteiger partial charge in [0, 0.05) is 34.9 Å². The Hall–Kier alpha value is -1.27. The van der Waals surface area contributed by atoms with Crippen LogP contribution in [0.5, 0.6) is 0 Å². The third-order valence-electron chi connectivity index (χ3n) is 3.81. The number of rotatable bonds is 3. The number of likely N-dealkylation sites (N-methyl/N-ethyl adjacent to an activating group) is 1. The maximum absolute atomic E-state index is 8.96. The van der Waals surface area contributed by atoms with Crippen molar-refractivity contribution in [2.24, 2.45) is 10.9 Å². The zero-order valence-corrected chi connectivity index (χ0v) is 13.5. The van der Waals surface area contributed by atoms with E-state index in [9.17, 15) is 0 Å². The molecule has 0 aromatic heterocycles. The minimum absolute atomic E-state index is 0.147. The SMILES string of the molecule is CN(C)C1CCCN(c2ccc(Br)cc2/C(N)=N/O)C1. The number of hydrogen-bond donors (Lipinski definition) is 2. The minimum atomic E-state index is 0.147. The van der Waals surface area contributed by atoms with Crippen molar-refractivity contribution < 1.29 is 5.21 Å². The van der Waals surface area contributed by atoms with Crippen molar-refractivity contribution in [1.29, 1.82) is 0 Å². The number of nitrogens with zero attached hydrogens (tertiary/aromatic N) is 3. The van der Waals surface area contributed by atoms with Crippen LogP contribution in [0.4, 0.5) is 5.69 Å². The lowest BCUT2D eigenvalue weighted by Gasteiger charge is -2.38. The molecular formula is C14H21BrN4O. The first-order valence-corrected chi connectivity index (χ1v) is 7.51. The molecule has 1 saturated heterocycles. The van der Waals surface area contributed by atoms with Crippen LogP contribution in [0.2, 0.25) is 0 Å². The topological polar surface area (TPSA) is 65.1 Å². The second kappa shape index (κ2) is 6.45. The highest BCUT2D eigenvalue weighted by Gasteiger charge is 2.23. The molecule has 110 valence electrons. The van der Waals surface area contributed by atoms with Gasteiger partial charge in [-0.25, -0.2) is 0 Å². The molecular weight excluding hydrogens is 320 g/mol. The van der Waals surface area contributed by atoms with Gasteiger partial charge in [0.15, 0.2) is 5.84 Å². The molecule has 1 heterocycles. The number of oxime groups is 1. The van der Waals surface area contributed by atoms with Gasteiger partial charge in [-0.3, -0.25) is 0 Å². The van der Waals surface area contributed by atoms with E-state index in [1.807, 2.05) is 18.2 Å². The lowest BCUT2D eigenvalue weighted by atomic mass is 10.0. The molecule has 1 aliphatic rings. The predicted molar refractivity (Wildman–Crippen MR) is 85.6 cm³/mol. The van der Waals surface area contributed by atoms with Gasteiger partial charge in [-0.2, -0.15) is 0 Å². The van der Waals surface area contributed by atoms with Gasteiger partial charge in [0.1, 0.15) is 0 Å². The zero-order chi connectivity index (χ0) is 14.7. The van der Waals surface area contributed by atoms with Crippen LogP contribution in [0.3, 0.4) is 0 Å². The number of nitrogens with two attached hydrogens (primary N) is 1. The molecule has 1 aromatic rings. The summed E-state index contributed by atoms with van der Waals surface area (Å²) in [6.07, 6.45) is 2.35. The Balaban J connectivity index is 2.32. The lowest BCUT2D eigenvalue weighted by molar-refractivity contribution is 0.258. The van der Waals surface area contributed by atoms with Gasteiger partial charge in [0.2, 0.25) is 0 Å². The Labute approximate surface area is 128 Å². The largest absolute Gasteiger partial charge is 0.409 e. The summed E-state index contributed by atoms with van der Waals surface area (Å²) in [5, 5.41) is 12.1. The average Bonchev–Trinajstić information content (AvgIpc) is 2.46. The number of hydrogen-bond acceptors (Lipinski definition) is 4. The molecule has 0 amide bonds. The first kappa shape index (κ1) is 15.1. The van der Waals surface area contributed by atoms with Gasteiger partial charge < -0.3 is 20.7 Å². The van der Waals surface area contributed by atoms with Crippen molar-refractivity contribution in [3.63, 3.8) is 0 Å². The number of amidine groups is 1. The van der Waals surface area contributed by atoms with Crippen molar-refractivity contribution in [2.75, 3.05) is 32.1 Å². The maximum atomic E-state index is 8.96. The molecule has 0 saturated carbocycles. The Morgan fingerprint density at radius 2 is 2.25 bits per heavy atom. The normalized spacial score (nSPS) is 20.5. The molecule has 6 heteroatoms. The Kier molecular flexibility index (Phi) is 4.88. The van der Waals surface area contributed by atoms with E-state index in [0.29, 0.717) is 6.04 Å². The fourth-order valence-corrected chi connectivity index (χ4v) is 3.00. The van der Waals surface area contributed by atoms with Gasteiger partial charge >= 0.3 is 0 Å². The van der Waals surface area contributed by atoms with E-state index in [4.69, 9.17) is 10.9 Å². The van der Waals surface area contributed by atoms with Gasteiger partial charge in [-0.1, -0.05) is 21.1 Å². The summed E-state index contributed by atoms with van der Waals surface area (Å²) in [5.74, 6) is 0.147. The lowest BCUT2D eigenvalue weighted by Crippen LogP contribution is -2.45. The van der Waals surface area contributed by atoms with Crippen molar-refractivity contribution in [3.05, 3.63) is 28.2 Å². The molecule has 5 nitrogen and oxygen atoms in total. The molecule has 0 bridgehead atoms. The van der Waals surface area contributed by atoms with E-state index in [2.05, 4.69) is 45.0 Å². The summed E-state index contributed by atoms with van der Waals surface area (Å²) < 4.78 is 0.920. The van der Waals surface area contributed by atoms with Crippen molar-refractivity contribution in [1.82, 2.24) is 4.90 Å². The average molecular weight is 341 g/mol. The van der Waals surface area contributed by atoms with Crippen LogP contribution in [0.15, 0.2) is 27.8 Å². The molecule has 1 aromatic carbocycles. The number of piperidine rings is 1. The van der Waals surface area contributed by atoms with Crippen molar-refractivity contribution in [3.8, 4) is 0 Å². The Bertz CT molecular complexity index is 504. The standard InChI is InChI=1S/C14H21BrN4O/c1-18(2)11-4-3-7-19(9-11)13-6-5-10(15)8-12(13)14(16)17-20/h5-6,8,11,20H,3-4,7,9H2,1-2H3,(H2,16,17). The fraction of sp³-hybridized carbons (Fsp3) is 0.500. The summed E-state index contributed by atoms with van der Waals surface area (Å²) in [4.78, 5) is 4.57. The third kappa shape index (κ3) is 3.24. The van der Waals surface area contributed by atoms with E-state index < -0.39 is 0 Å². The molecule has 0 spiro atoms. The van der Waals surface area contributed by atoms with Crippen LogP contribution < -0.4 is 10.6 Å². The smallest absolute Gasteiger partial charge is 0.172 e. The molecule has 2 rings (SSSR count). The highest BCUT2D eigenvalue weighted by atomic mass is 79.9. The summed E-state index contributed by atoms with van der Waals surface area (Å²) in [7, 11) is 4.22. The zero-order valence-electron chi connectivity index (χ0n) is 11.9. The van der Waals surface area contributed by atoms with Gasteiger partial charge in [0.25, 0.3) is 0 Å². The number of benzene rings is 1. The molecule has 20 heavy (non-hydrogen) atoms. The first-order chi connectivity index (χ1) is 9.52. The molecule has 1 fully saturated rings. The molecule has 1 aliphatic heterocycles. The van der Waals surface area contributed by atoms with Crippen molar-refractivity contribution >= 4 is 27.5 Å². The highest BCUT2D eigenvalue weighted by Crippen LogP contribution is 2.28. The van der Waals surface area contributed by atoms with Crippen LogP contribution in [-0.4, -0.2) is 49.2 Å². The minimum Gasteiger partial charge on any atom is -0.409 e. The molecule has 0 aliphatic carbocycles. The van der Waals surface area contributed by atoms with Crippen LogP contribution in [0.25, 0.3) is 0 Å². The van der Waals surface area contributed by atoms with E-state index >= 15 is 0 Å². The monoisotopic (exact) mass is 340 g/mol. The predicted octanol–water partition coefficient (Wildman–Crippen LogP) is 2.07. The number of halogens is 1. The van der Waals surface area contributed by atoms with E-state index in [-0.39, 0.29) is 5.84 Å². The van der Waals surface area contributed by atoms with Crippen LogP contribution >= 0.6 is 15.9 Å². The van der Waals surface area contributed by atoms with E-state index in [0.717, 1.165) is 35.2 Å². The molecule has 1 unspecified atom stereocenters. The van der Waals surface area contributed by atoms with Crippen LogP contribution in [0, 0.1) is 0 Å². The quantitative estimate of drug-likeness (QED) is 0.382. The Morgan fingerprint density at radius 1 is 1.50 bits per heavy atom. The fourth-order valence-electron chi connectivity index (χ4n) is 2.64. The van der Waals surface area contributed by atoms with Crippen LogP contribution in [0.1, 0.15) is 18.4 Å². The third-order valence-corrected chi connectivity index (χ3v) is 4.30. The molecule has 0 radical (unpaired) electrons. The molecule has 1 atom stereocenters. The van der Waals surface area contributed by atoms with E-state index in [1.54, 1.807) is 0 Å². The van der Waals surface area contributed by atoms with Gasteiger partial charge in [0.05, 0.1) is 0 Å². The van der Waals surface area contributed by atoms with E-state index in [1.165, 1.54) is 6.42 Å². The first-order valence-electron chi connectivity index (χ1n) is 6.71. The highest BCUT2D eigenvalue weighted by molar-refractivity contribution is 9.10. The van der Waals surface area contributed by atoms with Gasteiger partial charge in [-0.15, -0.1) is 0 Å².